The lowest BCUT2D eigenvalue weighted by Gasteiger charge is -2.16. The van der Waals surface area contributed by atoms with Gasteiger partial charge >= 0.3 is 0 Å². The second-order valence-electron chi connectivity index (χ2n) is 4.39. The van der Waals surface area contributed by atoms with Gasteiger partial charge in [-0.05, 0) is 5.41 Å². The Kier molecular flexibility index (Phi) is 4.97. The van der Waals surface area contributed by atoms with E-state index in [0.717, 1.165) is 0 Å². The molecule has 0 saturated heterocycles. The Bertz CT molecular complexity index is 213. The molecule has 14 heavy (non-hydrogen) atoms. The molecule has 0 rings (SSSR count). The number of guanidine groups is 1. The fraction of sp³-hybridized carbons (Fsp3) is 0.778. The Hall–Kier alpha value is -1.26. The van der Waals surface area contributed by atoms with Crippen molar-refractivity contribution in [3.63, 3.8) is 0 Å². The molecule has 0 aromatic rings. The number of amides is 1. The molecule has 0 aromatic carbocycles. The van der Waals surface area contributed by atoms with Gasteiger partial charge in [-0.25, -0.2) is 0 Å². The molecule has 0 saturated carbocycles. The summed E-state index contributed by atoms with van der Waals surface area (Å²) in [7, 11) is 0. The molecular formula is C9H20N4O. The van der Waals surface area contributed by atoms with Crippen LogP contribution < -0.4 is 16.8 Å². The first kappa shape index (κ1) is 12.7. The summed E-state index contributed by atoms with van der Waals surface area (Å²) in [4.78, 5) is 15.0. The topological polar surface area (TPSA) is 93.5 Å². The maximum Gasteiger partial charge on any atom is 0.220 e. The van der Waals surface area contributed by atoms with Crippen molar-refractivity contribution in [3.05, 3.63) is 0 Å². The van der Waals surface area contributed by atoms with Crippen LogP contribution in [0.5, 0.6) is 0 Å². The minimum atomic E-state index is 0.0141. The van der Waals surface area contributed by atoms with Gasteiger partial charge in [0.15, 0.2) is 5.96 Å². The van der Waals surface area contributed by atoms with Crippen LogP contribution in [0, 0.1) is 5.41 Å². The zero-order valence-electron chi connectivity index (χ0n) is 9.13. The Labute approximate surface area is 84.9 Å². The molecule has 0 fully saturated rings. The summed E-state index contributed by atoms with van der Waals surface area (Å²) in [5, 5.41) is 2.74. The molecule has 0 radical (unpaired) electrons. The molecular weight excluding hydrogens is 180 g/mol. The van der Waals surface area contributed by atoms with E-state index < -0.39 is 0 Å². The van der Waals surface area contributed by atoms with Crippen LogP contribution in [0.2, 0.25) is 0 Å². The third kappa shape index (κ3) is 8.83. The number of nitrogens with two attached hydrogens (primary N) is 2. The van der Waals surface area contributed by atoms with Crippen molar-refractivity contribution in [1.29, 1.82) is 0 Å². The molecule has 0 aromatic heterocycles. The monoisotopic (exact) mass is 200 g/mol. The Morgan fingerprint density at radius 3 is 2.36 bits per heavy atom. The highest BCUT2D eigenvalue weighted by molar-refractivity contribution is 5.77. The van der Waals surface area contributed by atoms with E-state index in [1.807, 2.05) is 20.8 Å². The van der Waals surface area contributed by atoms with Crippen LogP contribution in [0.15, 0.2) is 4.99 Å². The van der Waals surface area contributed by atoms with Gasteiger partial charge in [0.1, 0.15) is 0 Å². The fourth-order valence-corrected chi connectivity index (χ4v) is 0.924. The van der Waals surface area contributed by atoms with E-state index in [-0.39, 0.29) is 17.3 Å². The molecule has 0 spiro atoms. The minimum absolute atomic E-state index is 0.0141. The summed E-state index contributed by atoms with van der Waals surface area (Å²) in [6, 6.07) is 0. The number of nitrogens with zero attached hydrogens (tertiary/aromatic N) is 1. The Balaban J connectivity index is 3.61. The van der Waals surface area contributed by atoms with Gasteiger partial charge in [0, 0.05) is 13.0 Å². The van der Waals surface area contributed by atoms with Crippen molar-refractivity contribution in [3.8, 4) is 0 Å². The first-order chi connectivity index (χ1) is 6.31. The van der Waals surface area contributed by atoms with E-state index in [4.69, 9.17) is 11.5 Å². The van der Waals surface area contributed by atoms with Gasteiger partial charge in [0.25, 0.3) is 0 Å². The van der Waals surface area contributed by atoms with Gasteiger partial charge in [0.05, 0.1) is 6.54 Å². The van der Waals surface area contributed by atoms with Crippen molar-refractivity contribution in [1.82, 2.24) is 5.32 Å². The highest BCUT2D eigenvalue weighted by Crippen LogP contribution is 2.17. The lowest BCUT2D eigenvalue weighted by molar-refractivity contribution is -0.122. The second-order valence-corrected chi connectivity index (χ2v) is 4.39. The van der Waals surface area contributed by atoms with E-state index in [0.29, 0.717) is 19.5 Å². The molecule has 0 aliphatic heterocycles. The van der Waals surface area contributed by atoms with Crippen molar-refractivity contribution < 1.29 is 4.79 Å². The predicted octanol–water partition coefficient (Wildman–Crippen LogP) is -0.188. The lowest BCUT2D eigenvalue weighted by atomic mass is 9.92. The van der Waals surface area contributed by atoms with Crippen LogP contribution in [0.4, 0.5) is 0 Å². The van der Waals surface area contributed by atoms with Crippen LogP contribution >= 0.6 is 0 Å². The molecule has 82 valence electrons. The summed E-state index contributed by atoms with van der Waals surface area (Å²) in [5.74, 6) is 0.0818. The number of carbonyl (C=O) groups is 1. The number of aliphatic imine (C=N–C) groups is 1. The molecule has 0 aliphatic carbocycles. The number of hydrogen-bond acceptors (Lipinski definition) is 2. The van der Waals surface area contributed by atoms with Gasteiger partial charge < -0.3 is 16.8 Å². The summed E-state index contributed by atoms with van der Waals surface area (Å²) in [5.41, 5.74) is 10.3. The van der Waals surface area contributed by atoms with Crippen molar-refractivity contribution >= 4 is 11.9 Å². The first-order valence-corrected chi connectivity index (χ1v) is 4.63. The van der Waals surface area contributed by atoms with E-state index in [9.17, 15) is 4.79 Å². The normalized spacial score (nSPS) is 10.8. The fourth-order valence-electron chi connectivity index (χ4n) is 0.924. The highest BCUT2D eigenvalue weighted by Gasteiger charge is 2.14. The predicted molar refractivity (Wildman–Crippen MR) is 57.8 cm³/mol. The molecule has 0 aliphatic rings. The maximum absolute atomic E-state index is 11.3. The van der Waals surface area contributed by atoms with Crippen LogP contribution in [-0.4, -0.2) is 25.0 Å². The SMILES string of the molecule is CC(C)(C)CC(=O)NCCN=C(N)N. The molecule has 1 amide bonds. The quantitative estimate of drug-likeness (QED) is 0.333. The van der Waals surface area contributed by atoms with Crippen molar-refractivity contribution in [2.75, 3.05) is 13.1 Å². The van der Waals surface area contributed by atoms with Crippen LogP contribution in [-0.2, 0) is 4.79 Å². The van der Waals surface area contributed by atoms with Crippen LogP contribution in [0.1, 0.15) is 27.2 Å². The van der Waals surface area contributed by atoms with Gasteiger partial charge in [-0.15, -0.1) is 0 Å². The average Bonchev–Trinajstić information content (AvgIpc) is 1.94. The van der Waals surface area contributed by atoms with Gasteiger partial charge in [0.2, 0.25) is 5.91 Å². The summed E-state index contributed by atoms with van der Waals surface area (Å²) < 4.78 is 0. The number of rotatable bonds is 4. The molecule has 5 N–H and O–H groups in total. The number of carbonyl (C=O) groups excluding carboxylic acids is 1. The summed E-state index contributed by atoms with van der Waals surface area (Å²) in [6.07, 6.45) is 0.509. The third-order valence-corrected chi connectivity index (χ3v) is 1.42. The summed E-state index contributed by atoms with van der Waals surface area (Å²) >= 11 is 0. The maximum atomic E-state index is 11.3. The van der Waals surface area contributed by atoms with Gasteiger partial charge in [-0.1, -0.05) is 20.8 Å². The molecule has 0 unspecified atom stereocenters. The molecule has 0 atom stereocenters. The molecule has 0 heterocycles. The number of hydrogen-bond donors (Lipinski definition) is 3. The molecule has 0 bridgehead atoms. The number of nitrogens with one attached hydrogen (secondary N) is 1. The van der Waals surface area contributed by atoms with E-state index in [2.05, 4.69) is 10.3 Å². The standard InChI is InChI=1S/C9H20N4O/c1-9(2,3)6-7(14)12-4-5-13-8(10)11/h4-6H2,1-3H3,(H,12,14)(H4,10,11,13). The summed E-state index contributed by atoms with van der Waals surface area (Å²) in [6.45, 7) is 6.96. The smallest absolute Gasteiger partial charge is 0.220 e. The van der Waals surface area contributed by atoms with E-state index in [1.165, 1.54) is 0 Å². The van der Waals surface area contributed by atoms with Crippen molar-refractivity contribution in [2.45, 2.75) is 27.2 Å². The van der Waals surface area contributed by atoms with Gasteiger partial charge in [-0.3, -0.25) is 9.79 Å². The van der Waals surface area contributed by atoms with Crippen LogP contribution in [0.25, 0.3) is 0 Å². The molecule has 5 heteroatoms. The zero-order chi connectivity index (χ0) is 11.2. The highest BCUT2D eigenvalue weighted by atomic mass is 16.1. The Morgan fingerprint density at radius 2 is 1.93 bits per heavy atom. The lowest BCUT2D eigenvalue weighted by Crippen LogP contribution is -2.30. The van der Waals surface area contributed by atoms with Crippen molar-refractivity contribution in [2.24, 2.45) is 21.9 Å². The largest absolute Gasteiger partial charge is 0.370 e. The Morgan fingerprint density at radius 1 is 1.36 bits per heavy atom. The van der Waals surface area contributed by atoms with Crippen LogP contribution in [0.3, 0.4) is 0 Å². The minimum Gasteiger partial charge on any atom is -0.370 e. The average molecular weight is 200 g/mol. The van der Waals surface area contributed by atoms with Gasteiger partial charge in [-0.2, -0.15) is 0 Å². The van der Waals surface area contributed by atoms with E-state index >= 15 is 0 Å². The second kappa shape index (κ2) is 5.47. The molecule has 5 nitrogen and oxygen atoms in total. The van der Waals surface area contributed by atoms with E-state index in [1.54, 1.807) is 0 Å². The zero-order valence-corrected chi connectivity index (χ0v) is 9.13. The third-order valence-electron chi connectivity index (χ3n) is 1.42. The first-order valence-electron chi connectivity index (χ1n) is 4.63.